The molecule has 0 saturated heterocycles. The lowest BCUT2D eigenvalue weighted by Crippen LogP contribution is -2.25. The van der Waals surface area contributed by atoms with Crippen molar-refractivity contribution in [2.45, 2.75) is 64.9 Å². The SMILES string of the molecule is CCc1ccc(COc2ccc(OCCCCCCCc3ccc(C(=O)NCCC(=O)O)cc3)cc2)cc1. The van der Waals surface area contributed by atoms with Crippen molar-refractivity contribution in [3.63, 3.8) is 0 Å². The number of aliphatic carboxylic acids is 1. The molecule has 6 nitrogen and oxygen atoms in total. The molecule has 0 fully saturated rings. The summed E-state index contributed by atoms with van der Waals surface area (Å²) in [4.78, 5) is 22.5. The molecule has 0 aliphatic carbocycles. The fourth-order valence-electron chi connectivity index (χ4n) is 4.03. The number of carbonyl (C=O) groups excluding carboxylic acids is 1. The van der Waals surface area contributed by atoms with Crippen molar-refractivity contribution in [3.8, 4) is 11.5 Å². The van der Waals surface area contributed by atoms with Gasteiger partial charge in [-0.2, -0.15) is 0 Å². The van der Waals surface area contributed by atoms with Gasteiger partial charge in [0.05, 0.1) is 13.0 Å². The molecule has 6 heteroatoms. The van der Waals surface area contributed by atoms with Crippen LogP contribution in [0.5, 0.6) is 11.5 Å². The molecule has 202 valence electrons. The summed E-state index contributed by atoms with van der Waals surface area (Å²) in [6.45, 7) is 3.56. The normalized spacial score (nSPS) is 10.7. The number of benzene rings is 3. The number of unbranched alkanes of at least 4 members (excludes halogenated alkanes) is 4. The molecule has 0 bridgehead atoms. The molecule has 0 heterocycles. The Morgan fingerprint density at radius 1 is 0.711 bits per heavy atom. The summed E-state index contributed by atoms with van der Waals surface area (Å²) in [6.07, 6.45) is 7.54. The van der Waals surface area contributed by atoms with Crippen molar-refractivity contribution < 1.29 is 24.2 Å². The Balaban J connectivity index is 1.22. The lowest BCUT2D eigenvalue weighted by atomic mass is 10.0. The molecule has 3 aromatic carbocycles. The lowest BCUT2D eigenvalue weighted by Gasteiger charge is -2.09. The molecule has 0 unspecified atom stereocenters. The van der Waals surface area contributed by atoms with E-state index < -0.39 is 5.97 Å². The van der Waals surface area contributed by atoms with Gasteiger partial charge in [0.15, 0.2) is 0 Å². The predicted molar refractivity (Wildman–Crippen MR) is 150 cm³/mol. The Morgan fingerprint density at radius 3 is 1.95 bits per heavy atom. The minimum Gasteiger partial charge on any atom is -0.494 e. The summed E-state index contributed by atoms with van der Waals surface area (Å²) in [6, 6.07) is 23.9. The standard InChI is InChI=1S/C32H39NO5/c1-2-25-9-11-27(12-10-25)24-38-30-19-17-29(18-20-30)37-23-7-5-3-4-6-8-26-13-15-28(16-14-26)32(36)33-22-21-31(34)35/h9-20H,2-8,21-24H2,1H3,(H,33,36)(H,34,35). The second kappa shape index (κ2) is 16.1. The molecule has 0 radical (unpaired) electrons. The van der Waals surface area contributed by atoms with Crippen molar-refractivity contribution in [2.75, 3.05) is 13.2 Å². The van der Waals surface area contributed by atoms with Gasteiger partial charge in [0.2, 0.25) is 0 Å². The molecule has 2 N–H and O–H groups in total. The third kappa shape index (κ3) is 10.7. The van der Waals surface area contributed by atoms with Crippen LogP contribution in [0.25, 0.3) is 0 Å². The summed E-state index contributed by atoms with van der Waals surface area (Å²) in [5.41, 5.74) is 4.26. The van der Waals surface area contributed by atoms with Gasteiger partial charge in [-0.05, 0) is 78.8 Å². The third-order valence-corrected chi connectivity index (χ3v) is 6.38. The highest BCUT2D eigenvalue weighted by atomic mass is 16.5. The average Bonchev–Trinajstić information content (AvgIpc) is 2.94. The number of carboxylic acid groups (broad SMARTS) is 1. The summed E-state index contributed by atoms with van der Waals surface area (Å²) < 4.78 is 11.8. The van der Waals surface area contributed by atoms with Crippen LogP contribution in [0.15, 0.2) is 72.8 Å². The topological polar surface area (TPSA) is 84.9 Å². The molecule has 0 saturated carbocycles. The maximum Gasteiger partial charge on any atom is 0.305 e. The molecule has 3 aromatic rings. The number of carboxylic acids is 1. The van der Waals surface area contributed by atoms with Gasteiger partial charge in [-0.3, -0.25) is 9.59 Å². The van der Waals surface area contributed by atoms with Crippen LogP contribution in [0.3, 0.4) is 0 Å². The first-order chi connectivity index (χ1) is 18.5. The van der Waals surface area contributed by atoms with Crippen LogP contribution in [-0.4, -0.2) is 30.1 Å². The Kier molecular flexibility index (Phi) is 12.2. The van der Waals surface area contributed by atoms with E-state index in [-0.39, 0.29) is 18.9 Å². The zero-order chi connectivity index (χ0) is 27.0. The largest absolute Gasteiger partial charge is 0.494 e. The number of hydrogen-bond donors (Lipinski definition) is 2. The third-order valence-electron chi connectivity index (χ3n) is 6.38. The van der Waals surface area contributed by atoms with E-state index in [0.29, 0.717) is 18.8 Å². The Morgan fingerprint density at radius 2 is 1.29 bits per heavy atom. The number of ether oxygens (including phenoxy) is 2. The summed E-state index contributed by atoms with van der Waals surface area (Å²) in [5.74, 6) is 0.543. The van der Waals surface area contributed by atoms with Crippen molar-refractivity contribution in [1.29, 1.82) is 0 Å². The van der Waals surface area contributed by atoms with Crippen molar-refractivity contribution >= 4 is 11.9 Å². The second-order valence-electron chi connectivity index (χ2n) is 9.39. The van der Waals surface area contributed by atoms with Gasteiger partial charge in [-0.25, -0.2) is 0 Å². The van der Waals surface area contributed by atoms with E-state index >= 15 is 0 Å². The van der Waals surface area contributed by atoms with E-state index in [2.05, 4.69) is 36.5 Å². The molecule has 38 heavy (non-hydrogen) atoms. The summed E-state index contributed by atoms with van der Waals surface area (Å²) >= 11 is 0. The average molecular weight is 518 g/mol. The van der Waals surface area contributed by atoms with E-state index in [1.54, 1.807) is 12.1 Å². The molecule has 1 amide bonds. The fourth-order valence-corrected chi connectivity index (χ4v) is 4.03. The Labute approximate surface area is 226 Å². The molecule has 0 aliphatic heterocycles. The van der Waals surface area contributed by atoms with Crippen LogP contribution >= 0.6 is 0 Å². The van der Waals surface area contributed by atoms with E-state index in [1.165, 1.54) is 17.5 Å². The molecular formula is C32H39NO5. The maximum atomic E-state index is 12.0. The van der Waals surface area contributed by atoms with Gasteiger partial charge in [0, 0.05) is 12.1 Å². The molecule has 0 atom stereocenters. The predicted octanol–water partition coefficient (Wildman–Crippen LogP) is 6.60. The van der Waals surface area contributed by atoms with E-state index in [4.69, 9.17) is 14.6 Å². The number of rotatable bonds is 17. The minimum atomic E-state index is -0.922. The van der Waals surface area contributed by atoms with Gasteiger partial charge < -0.3 is 19.9 Å². The molecule has 0 aliphatic rings. The number of aryl methyl sites for hydroxylation is 2. The first-order valence-electron chi connectivity index (χ1n) is 13.6. The smallest absolute Gasteiger partial charge is 0.305 e. The highest BCUT2D eigenvalue weighted by Crippen LogP contribution is 2.19. The van der Waals surface area contributed by atoms with Crippen LogP contribution in [0.1, 0.15) is 72.5 Å². The van der Waals surface area contributed by atoms with E-state index in [9.17, 15) is 9.59 Å². The Hall–Kier alpha value is -3.80. The summed E-state index contributed by atoms with van der Waals surface area (Å²) in [7, 11) is 0. The molecule has 3 rings (SSSR count). The first kappa shape index (κ1) is 28.8. The maximum absolute atomic E-state index is 12.0. The summed E-state index contributed by atoms with van der Waals surface area (Å²) in [5, 5.41) is 11.3. The fraction of sp³-hybridized carbons (Fsp3) is 0.375. The van der Waals surface area contributed by atoms with Gasteiger partial charge in [-0.15, -0.1) is 0 Å². The Bertz CT molecular complexity index is 1110. The number of nitrogens with one attached hydrogen (secondary N) is 1. The van der Waals surface area contributed by atoms with Crippen molar-refractivity contribution in [3.05, 3.63) is 95.1 Å². The zero-order valence-corrected chi connectivity index (χ0v) is 22.3. The molecule has 0 spiro atoms. The van der Waals surface area contributed by atoms with Gasteiger partial charge in [0.25, 0.3) is 5.91 Å². The highest BCUT2D eigenvalue weighted by Gasteiger charge is 2.06. The number of hydrogen-bond acceptors (Lipinski definition) is 4. The van der Waals surface area contributed by atoms with Crippen molar-refractivity contribution in [1.82, 2.24) is 5.32 Å². The first-order valence-corrected chi connectivity index (χ1v) is 13.6. The van der Waals surface area contributed by atoms with Crippen molar-refractivity contribution in [2.24, 2.45) is 0 Å². The van der Waals surface area contributed by atoms with Crippen LogP contribution < -0.4 is 14.8 Å². The minimum absolute atomic E-state index is 0.0755. The molecule has 0 aromatic heterocycles. The highest BCUT2D eigenvalue weighted by molar-refractivity contribution is 5.94. The van der Waals surface area contributed by atoms with E-state index in [0.717, 1.165) is 55.6 Å². The van der Waals surface area contributed by atoms with Crippen LogP contribution in [-0.2, 0) is 24.2 Å². The second-order valence-corrected chi connectivity index (χ2v) is 9.39. The van der Waals surface area contributed by atoms with Crippen LogP contribution in [0.2, 0.25) is 0 Å². The monoisotopic (exact) mass is 517 g/mol. The van der Waals surface area contributed by atoms with Crippen LogP contribution in [0.4, 0.5) is 0 Å². The van der Waals surface area contributed by atoms with Gasteiger partial charge in [0.1, 0.15) is 18.1 Å². The number of carbonyl (C=O) groups is 2. The van der Waals surface area contributed by atoms with Gasteiger partial charge >= 0.3 is 5.97 Å². The van der Waals surface area contributed by atoms with Crippen LogP contribution in [0, 0.1) is 0 Å². The van der Waals surface area contributed by atoms with E-state index in [1.807, 2.05) is 36.4 Å². The zero-order valence-electron chi connectivity index (χ0n) is 22.3. The molecular weight excluding hydrogens is 478 g/mol. The lowest BCUT2D eigenvalue weighted by molar-refractivity contribution is -0.136. The number of amides is 1. The van der Waals surface area contributed by atoms with Gasteiger partial charge in [-0.1, -0.05) is 62.6 Å². The quantitative estimate of drug-likeness (QED) is 0.197.